The van der Waals surface area contributed by atoms with Crippen LogP contribution in [0, 0.1) is 0 Å². The van der Waals surface area contributed by atoms with Crippen molar-refractivity contribution < 1.29 is 9.59 Å². The van der Waals surface area contributed by atoms with Gasteiger partial charge in [0.2, 0.25) is 5.91 Å². The molecule has 0 fully saturated rings. The molecule has 1 aliphatic rings. The third kappa shape index (κ3) is 3.29. The third-order valence-corrected chi connectivity index (χ3v) is 5.14. The second-order valence-corrected chi connectivity index (χ2v) is 6.83. The standard InChI is InChI=1S/C22H22N4O2/c1-2-19(26-14-17-8-3-5-9-18(17)22(26)28)21(27)24-13-16-7-4-6-10-20(16)25-12-11-23-15-25/h3-12,15,19H,2,13-14H2,1H3,(H,24,27). The van der Waals surface area contributed by atoms with E-state index in [0.29, 0.717) is 25.1 Å². The Morgan fingerprint density at radius 2 is 1.96 bits per heavy atom. The van der Waals surface area contributed by atoms with Crippen LogP contribution < -0.4 is 5.32 Å². The van der Waals surface area contributed by atoms with Gasteiger partial charge in [-0.1, -0.05) is 43.3 Å². The van der Waals surface area contributed by atoms with Crippen molar-refractivity contribution in [2.24, 2.45) is 0 Å². The Labute approximate surface area is 163 Å². The summed E-state index contributed by atoms with van der Waals surface area (Å²) in [6.07, 6.45) is 5.89. The molecule has 142 valence electrons. The first-order valence-corrected chi connectivity index (χ1v) is 9.42. The number of carbonyl (C=O) groups excluding carboxylic acids is 2. The van der Waals surface area contributed by atoms with Crippen molar-refractivity contribution in [3.8, 4) is 5.69 Å². The summed E-state index contributed by atoms with van der Waals surface area (Å²) in [6.45, 7) is 2.80. The van der Waals surface area contributed by atoms with Gasteiger partial charge in [-0.3, -0.25) is 9.59 Å². The lowest BCUT2D eigenvalue weighted by molar-refractivity contribution is -0.126. The van der Waals surface area contributed by atoms with Gasteiger partial charge in [-0.2, -0.15) is 0 Å². The topological polar surface area (TPSA) is 67.2 Å². The molecule has 6 heteroatoms. The summed E-state index contributed by atoms with van der Waals surface area (Å²) >= 11 is 0. The van der Waals surface area contributed by atoms with Crippen LogP contribution in [-0.4, -0.2) is 32.3 Å². The number of imidazole rings is 1. The lowest BCUT2D eigenvalue weighted by Crippen LogP contribution is -2.46. The molecular weight excluding hydrogens is 352 g/mol. The minimum absolute atomic E-state index is 0.0728. The zero-order chi connectivity index (χ0) is 19.5. The summed E-state index contributed by atoms with van der Waals surface area (Å²) in [5.41, 5.74) is 3.63. The zero-order valence-electron chi connectivity index (χ0n) is 15.7. The van der Waals surface area contributed by atoms with Gasteiger partial charge in [-0.15, -0.1) is 0 Å². The monoisotopic (exact) mass is 374 g/mol. The first kappa shape index (κ1) is 18.0. The fourth-order valence-corrected chi connectivity index (χ4v) is 3.69. The molecule has 6 nitrogen and oxygen atoms in total. The number of carbonyl (C=O) groups is 2. The Balaban J connectivity index is 1.48. The van der Waals surface area contributed by atoms with E-state index in [1.807, 2.05) is 66.2 Å². The van der Waals surface area contributed by atoms with Crippen LogP contribution in [0.2, 0.25) is 0 Å². The van der Waals surface area contributed by atoms with Gasteiger partial charge in [0.1, 0.15) is 6.04 Å². The van der Waals surface area contributed by atoms with E-state index in [9.17, 15) is 9.59 Å². The molecule has 2 amide bonds. The molecule has 0 aliphatic carbocycles. The maximum absolute atomic E-state index is 12.9. The van der Waals surface area contributed by atoms with Crippen molar-refractivity contribution in [3.05, 3.63) is 83.9 Å². The van der Waals surface area contributed by atoms with E-state index >= 15 is 0 Å². The van der Waals surface area contributed by atoms with Crippen LogP contribution in [0.5, 0.6) is 0 Å². The van der Waals surface area contributed by atoms with E-state index in [1.165, 1.54) is 0 Å². The highest BCUT2D eigenvalue weighted by atomic mass is 16.2. The normalized spacial score (nSPS) is 14.0. The number of benzene rings is 2. The summed E-state index contributed by atoms with van der Waals surface area (Å²) in [5.74, 6) is -0.208. The Morgan fingerprint density at radius 1 is 1.18 bits per heavy atom. The van der Waals surface area contributed by atoms with Crippen LogP contribution >= 0.6 is 0 Å². The highest BCUT2D eigenvalue weighted by Gasteiger charge is 2.35. The molecule has 1 atom stereocenters. The highest BCUT2D eigenvalue weighted by Crippen LogP contribution is 2.25. The van der Waals surface area contributed by atoms with Gasteiger partial charge in [-0.05, 0) is 29.7 Å². The molecule has 1 aliphatic heterocycles. The van der Waals surface area contributed by atoms with Crippen LogP contribution in [0.4, 0.5) is 0 Å². The Bertz CT molecular complexity index is 997. The lowest BCUT2D eigenvalue weighted by atomic mass is 10.1. The number of rotatable bonds is 6. The number of fused-ring (bicyclic) bond motifs is 1. The predicted octanol–water partition coefficient (Wildman–Crippen LogP) is 2.92. The fourth-order valence-electron chi connectivity index (χ4n) is 3.69. The summed E-state index contributed by atoms with van der Waals surface area (Å²) in [6, 6.07) is 14.9. The molecule has 1 aromatic heterocycles. The van der Waals surface area contributed by atoms with Crippen LogP contribution in [0.15, 0.2) is 67.3 Å². The molecule has 1 N–H and O–H groups in total. The van der Waals surface area contributed by atoms with E-state index < -0.39 is 6.04 Å². The van der Waals surface area contributed by atoms with Crippen molar-refractivity contribution in [2.75, 3.05) is 0 Å². The number of nitrogens with one attached hydrogen (secondary N) is 1. The maximum Gasteiger partial charge on any atom is 0.255 e. The molecule has 1 unspecified atom stereocenters. The number of nitrogens with zero attached hydrogens (tertiary/aromatic N) is 3. The number of amides is 2. The summed E-state index contributed by atoms with van der Waals surface area (Å²) in [7, 11) is 0. The molecule has 0 radical (unpaired) electrons. The van der Waals surface area contributed by atoms with Crippen LogP contribution in [0.25, 0.3) is 5.69 Å². The molecule has 28 heavy (non-hydrogen) atoms. The quantitative estimate of drug-likeness (QED) is 0.721. The van der Waals surface area contributed by atoms with E-state index in [0.717, 1.165) is 16.8 Å². The van der Waals surface area contributed by atoms with E-state index in [2.05, 4.69) is 10.3 Å². The smallest absolute Gasteiger partial charge is 0.255 e. The third-order valence-electron chi connectivity index (χ3n) is 5.14. The van der Waals surface area contributed by atoms with E-state index in [1.54, 1.807) is 17.4 Å². The minimum Gasteiger partial charge on any atom is -0.350 e. The Hall–Kier alpha value is -3.41. The highest BCUT2D eigenvalue weighted by molar-refractivity contribution is 6.01. The number of hydrogen-bond acceptors (Lipinski definition) is 3. The van der Waals surface area contributed by atoms with Crippen molar-refractivity contribution >= 4 is 11.8 Å². The van der Waals surface area contributed by atoms with Gasteiger partial charge in [-0.25, -0.2) is 4.98 Å². The zero-order valence-corrected chi connectivity index (χ0v) is 15.7. The van der Waals surface area contributed by atoms with Crippen molar-refractivity contribution in [3.63, 3.8) is 0 Å². The minimum atomic E-state index is -0.486. The van der Waals surface area contributed by atoms with Crippen LogP contribution in [-0.2, 0) is 17.9 Å². The number of hydrogen-bond donors (Lipinski definition) is 1. The molecule has 0 spiro atoms. The molecule has 2 heterocycles. The second-order valence-electron chi connectivity index (χ2n) is 6.83. The van der Waals surface area contributed by atoms with Gasteiger partial charge < -0.3 is 14.8 Å². The van der Waals surface area contributed by atoms with E-state index in [-0.39, 0.29) is 11.8 Å². The van der Waals surface area contributed by atoms with Gasteiger partial charge in [0, 0.05) is 31.0 Å². The molecule has 2 aromatic carbocycles. The Morgan fingerprint density at radius 3 is 2.71 bits per heavy atom. The second kappa shape index (κ2) is 7.68. The number of aromatic nitrogens is 2. The van der Waals surface area contributed by atoms with Crippen LogP contribution in [0.3, 0.4) is 0 Å². The summed E-state index contributed by atoms with van der Waals surface area (Å²) in [5, 5.41) is 3.01. The average molecular weight is 374 g/mol. The molecule has 0 bridgehead atoms. The summed E-state index contributed by atoms with van der Waals surface area (Å²) in [4.78, 5) is 31.4. The van der Waals surface area contributed by atoms with Gasteiger partial charge in [0.15, 0.2) is 0 Å². The molecule has 3 aromatic rings. The van der Waals surface area contributed by atoms with Gasteiger partial charge in [0.25, 0.3) is 5.91 Å². The predicted molar refractivity (Wildman–Crippen MR) is 106 cm³/mol. The van der Waals surface area contributed by atoms with Crippen molar-refractivity contribution in [1.29, 1.82) is 0 Å². The van der Waals surface area contributed by atoms with Gasteiger partial charge >= 0.3 is 0 Å². The first-order chi connectivity index (χ1) is 13.7. The molecular formula is C22H22N4O2. The van der Waals surface area contributed by atoms with Crippen LogP contribution in [0.1, 0.15) is 34.8 Å². The average Bonchev–Trinajstić information content (AvgIpc) is 3.37. The molecule has 4 rings (SSSR count). The van der Waals surface area contributed by atoms with Crippen molar-refractivity contribution in [2.45, 2.75) is 32.5 Å². The first-order valence-electron chi connectivity index (χ1n) is 9.42. The fraction of sp³-hybridized carbons (Fsp3) is 0.227. The van der Waals surface area contributed by atoms with Crippen molar-refractivity contribution in [1.82, 2.24) is 19.8 Å². The van der Waals surface area contributed by atoms with E-state index in [4.69, 9.17) is 0 Å². The summed E-state index contributed by atoms with van der Waals surface area (Å²) < 4.78 is 1.92. The molecule has 0 saturated heterocycles. The van der Waals surface area contributed by atoms with Gasteiger partial charge in [0.05, 0.1) is 12.0 Å². The number of para-hydroxylation sites is 1. The SMILES string of the molecule is CCC(C(=O)NCc1ccccc1-n1ccnc1)N1Cc2ccccc2C1=O. The Kier molecular flexibility index (Phi) is 4.93. The lowest BCUT2D eigenvalue weighted by Gasteiger charge is -2.26. The molecule has 0 saturated carbocycles. The maximum atomic E-state index is 12.9. The largest absolute Gasteiger partial charge is 0.350 e.